The number of rotatable bonds is 5. The number of carboxylic acid groups (broad SMARTS) is 2. The largest absolute Gasteiger partial charge is 0.473 e. The number of nitrogens with zero attached hydrogens (tertiary/aromatic N) is 3. The number of carboxylic acids is 2. The summed E-state index contributed by atoms with van der Waals surface area (Å²) < 4.78 is 5.92. The molecule has 1 aromatic rings. The minimum atomic E-state index is -1.82. The zero-order chi connectivity index (χ0) is 22.1. The van der Waals surface area contributed by atoms with Crippen molar-refractivity contribution >= 4 is 17.8 Å². The molecular formula is C21H25N3O6. The number of hydrogen-bond donors (Lipinski definition) is 2. The third-order valence-electron chi connectivity index (χ3n) is 4.25. The number of allylic oxidation sites excluding steroid dienone is 3. The molecular weight excluding hydrogens is 390 g/mol. The van der Waals surface area contributed by atoms with Crippen LogP contribution < -0.4 is 4.74 Å². The van der Waals surface area contributed by atoms with Crippen molar-refractivity contribution in [2.45, 2.75) is 19.3 Å². The number of aromatic nitrogens is 1. The van der Waals surface area contributed by atoms with E-state index < -0.39 is 11.9 Å². The fraction of sp³-hybridized carbons (Fsp3) is 0.333. The maximum atomic E-state index is 12.9. The van der Waals surface area contributed by atoms with Crippen LogP contribution >= 0.6 is 0 Å². The molecule has 0 saturated carbocycles. The van der Waals surface area contributed by atoms with E-state index in [0.29, 0.717) is 18.0 Å². The van der Waals surface area contributed by atoms with Gasteiger partial charge in [-0.1, -0.05) is 23.8 Å². The summed E-state index contributed by atoms with van der Waals surface area (Å²) in [4.78, 5) is 39.2. The number of pyridine rings is 1. The van der Waals surface area contributed by atoms with Gasteiger partial charge in [0.25, 0.3) is 5.91 Å². The van der Waals surface area contributed by atoms with Crippen LogP contribution in [0.5, 0.6) is 5.88 Å². The van der Waals surface area contributed by atoms with Gasteiger partial charge in [-0.3, -0.25) is 4.79 Å². The summed E-state index contributed by atoms with van der Waals surface area (Å²) in [7, 11) is 4.04. The van der Waals surface area contributed by atoms with Gasteiger partial charge in [0.05, 0.1) is 0 Å². The normalized spacial score (nSPS) is 15.2. The maximum Gasteiger partial charge on any atom is 0.414 e. The van der Waals surface area contributed by atoms with Gasteiger partial charge in [0.2, 0.25) is 5.88 Å². The number of fused-ring (bicyclic) bond motifs is 1. The van der Waals surface area contributed by atoms with E-state index in [2.05, 4.69) is 28.1 Å². The Morgan fingerprint density at radius 3 is 2.60 bits per heavy atom. The predicted molar refractivity (Wildman–Crippen MR) is 109 cm³/mol. The van der Waals surface area contributed by atoms with Crippen LogP contribution in [-0.2, 0) is 9.59 Å². The Balaban J connectivity index is 0.000000469. The molecule has 2 heterocycles. The SMILES string of the molecule is CN(C)CCC1=CN(CC2=CC=CCC2)C(=O)c2cccnc2O1.O=C(O)C(=O)O. The van der Waals surface area contributed by atoms with Gasteiger partial charge in [-0.15, -0.1) is 0 Å². The van der Waals surface area contributed by atoms with E-state index in [1.807, 2.05) is 20.3 Å². The second-order valence-corrected chi connectivity index (χ2v) is 6.94. The van der Waals surface area contributed by atoms with Crippen LogP contribution in [0.15, 0.2) is 54.1 Å². The van der Waals surface area contributed by atoms with Crippen LogP contribution in [0.3, 0.4) is 0 Å². The van der Waals surface area contributed by atoms with Gasteiger partial charge in [-0.2, -0.15) is 0 Å². The first-order valence-corrected chi connectivity index (χ1v) is 9.38. The summed E-state index contributed by atoms with van der Waals surface area (Å²) >= 11 is 0. The molecule has 1 amide bonds. The molecule has 3 rings (SSSR count). The first-order chi connectivity index (χ1) is 14.3. The van der Waals surface area contributed by atoms with Gasteiger partial charge >= 0.3 is 11.9 Å². The topological polar surface area (TPSA) is 120 Å². The number of ether oxygens (including phenoxy) is 1. The molecule has 0 radical (unpaired) electrons. The van der Waals surface area contributed by atoms with Crippen LogP contribution in [0.1, 0.15) is 29.6 Å². The van der Waals surface area contributed by atoms with Gasteiger partial charge in [0, 0.05) is 31.9 Å². The molecule has 1 aromatic heterocycles. The minimum absolute atomic E-state index is 0.0617. The molecule has 0 aromatic carbocycles. The number of carbonyl (C=O) groups is 3. The van der Waals surface area contributed by atoms with Crippen molar-refractivity contribution in [3.8, 4) is 5.88 Å². The zero-order valence-corrected chi connectivity index (χ0v) is 16.9. The Kier molecular flexibility index (Phi) is 8.30. The summed E-state index contributed by atoms with van der Waals surface area (Å²) in [5.41, 5.74) is 1.77. The number of hydrogen-bond acceptors (Lipinski definition) is 6. The Bertz CT molecular complexity index is 876. The molecule has 1 aliphatic carbocycles. The molecule has 0 unspecified atom stereocenters. The summed E-state index contributed by atoms with van der Waals surface area (Å²) in [5.74, 6) is -2.55. The highest BCUT2D eigenvalue weighted by molar-refractivity contribution is 6.27. The summed E-state index contributed by atoms with van der Waals surface area (Å²) in [6, 6.07) is 3.54. The first kappa shape index (κ1) is 22.8. The average Bonchev–Trinajstić information content (AvgIpc) is 2.84. The molecule has 0 spiro atoms. The van der Waals surface area contributed by atoms with Crippen LogP contribution in [0.4, 0.5) is 0 Å². The van der Waals surface area contributed by atoms with Crippen LogP contribution in [0, 0.1) is 0 Å². The molecule has 0 saturated heterocycles. The Morgan fingerprint density at radius 1 is 1.27 bits per heavy atom. The number of aliphatic carboxylic acids is 2. The molecule has 1 aliphatic heterocycles. The molecule has 9 nitrogen and oxygen atoms in total. The van der Waals surface area contributed by atoms with Gasteiger partial charge in [0.1, 0.15) is 11.3 Å². The molecule has 9 heteroatoms. The van der Waals surface area contributed by atoms with Gasteiger partial charge in [0.15, 0.2) is 0 Å². The van der Waals surface area contributed by atoms with Gasteiger partial charge < -0.3 is 24.7 Å². The lowest BCUT2D eigenvalue weighted by Crippen LogP contribution is -2.28. The number of amides is 1. The summed E-state index contributed by atoms with van der Waals surface area (Å²) in [5, 5.41) is 14.8. The lowest BCUT2D eigenvalue weighted by atomic mass is 10.0. The fourth-order valence-corrected chi connectivity index (χ4v) is 2.74. The van der Waals surface area contributed by atoms with Crippen molar-refractivity contribution in [3.63, 3.8) is 0 Å². The number of carbonyl (C=O) groups excluding carboxylic acids is 1. The van der Waals surface area contributed by atoms with Crippen molar-refractivity contribution in [2.24, 2.45) is 0 Å². The molecule has 0 fully saturated rings. The lowest BCUT2D eigenvalue weighted by Gasteiger charge is -2.20. The first-order valence-electron chi connectivity index (χ1n) is 9.38. The molecule has 0 bridgehead atoms. The van der Waals surface area contributed by atoms with E-state index in [-0.39, 0.29) is 5.91 Å². The second-order valence-electron chi connectivity index (χ2n) is 6.94. The van der Waals surface area contributed by atoms with E-state index in [1.165, 1.54) is 5.57 Å². The van der Waals surface area contributed by atoms with E-state index in [1.54, 1.807) is 23.2 Å². The predicted octanol–water partition coefficient (Wildman–Crippen LogP) is 2.14. The smallest absolute Gasteiger partial charge is 0.414 e. The third-order valence-corrected chi connectivity index (χ3v) is 4.25. The minimum Gasteiger partial charge on any atom is -0.473 e. The van der Waals surface area contributed by atoms with Crippen molar-refractivity contribution < 1.29 is 29.3 Å². The third kappa shape index (κ3) is 6.85. The molecule has 30 heavy (non-hydrogen) atoms. The van der Waals surface area contributed by atoms with E-state index in [9.17, 15) is 4.79 Å². The molecule has 160 valence electrons. The van der Waals surface area contributed by atoms with Crippen molar-refractivity contribution in [2.75, 3.05) is 27.2 Å². The highest BCUT2D eigenvalue weighted by Crippen LogP contribution is 2.26. The van der Waals surface area contributed by atoms with Gasteiger partial charge in [-0.05, 0) is 39.1 Å². The van der Waals surface area contributed by atoms with Crippen molar-refractivity contribution in [1.29, 1.82) is 0 Å². The van der Waals surface area contributed by atoms with Crippen LogP contribution in [0.2, 0.25) is 0 Å². The Labute approximate surface area is 174 Å². The van der Waals surface area contributed by atoms with Crippen molar-refractivity contribution in [1.82, 2.24) is 14.8 Å². The maximum absolute atomic E-state index is 12.9. The quantitative estimate of drug-likeness (QED) is 0.702. The summed E-state index contributed by atoms with van der Waals surface area (Å²) in [6.45, 7) is 1.44. The second kappa shape index (κ2) is 10.9. The van der Waals surface area contributed by atoms with Crippen LogP contribution in [0.25, 0.3) is 0 Å². The zero-order valence-electron chi connectivity index (χ0n) is 16.9. The van der Waals surface area contributed by atoms with Gasteiger partial charge in [-0.25, -0.2) is 14.6 Å². The van der Waals surface area contributed by atoms with Crippen LogP contribution in [-0.4, -0.2) is 70.0 Å². The average molecular weight is 415 g/mol. The molecule has 0 atom stereocenters. The highest BCUT2D eigenvalue weighted by Gasteiger charge is 2.25. The lowest BCUT2D eigenvalue weighted by molar-refractivity contribution is -0.159. The standard InChI is InChI=1S/C19H23N3O2.C2H2O4/c1-21(2)12-10-16-14-22(13-15-7-4-3-5-8-15)19(23)17-9-6-11-20-18(17)24-16;3-1(4)2(5)6/h3-4,6-7,9,11,14H,5,8,10,12-13H2,1-2H3;(H,3,4)(H,5,6). The molecule has 2 N–H and O–H groups in total. The Morgan fingerprint density at radius 2 is 2.00 bits per heavy atom. The monoisotopic (exact) mass is 415 g/mol. The molecule has 2 aliphatic rings. The van der Waals surface area contributed by atoms with E-state index in [0.717, 1.165) is 31.6 Å². The van der Waals surface area contributed by atoms with E-state index >= 15 is 0 Å². The van der Waals surface area contributed by atoms with E-state index in [4.69, 9.17) is 24.5 Å². The summed E-state index contributed by atoms with van der Waals surface area (Å²) in [6.07, 6.45) is 12.5. The van der Waals surface area contributed by atoms with Crippen molar-refractivity contribution in [3.05, 3.63) is 59.7 Å². The highest BCUT2D eigenvalue weighted by atomic mass is 16.5. The Hall–Kier alpha value is -3.46. The fourth-order valence-electron chi connectivity index (χ4n) is 2.74.